The summed E-state index contributed by atoms with van der Waals surface area (Å²) in [4.78, 5) is 11.5. The minimum Gasteiger partial charge on any atom is -0.381 e. The van der Waals surface area contributed by atoms with Gasteiger partial charge < -0.3 is 10.1 Å². The second-order valence-electron chi connectivity index (χ2n) is 3.99. The van der Waals surface area contributed by atoms with E-state index >= 15 is 0 Å². The molecule has 0 spiro atoms. The summed E-state index contributed by atoms with van der Waals surface area (Å²) in [7, 11) is 0. The number of carbonyl (C=O) groups is 1. The van der Waals surface area contributed by atoms with Gasteiger partial charge in [-0.3, -0.25) is 4.79 Å². The Labute approximate surface area is 117 Å². The first-order chi connectivity index (χ1) is 8.83. The Morgan fingerprint density at radius 1 is 1.22 bits per heavy atom. The lowest BCUT2D eigenvalue weighted by Crippen LogP contribution is -2.25. The first-order valence-corrected chi connectivity index (χ1v) is 7.39. The molecule has 0 heterocycles. The van der Waals surface area contributed by atoms with Gasteiger partial charge in [0.1, 0.15) is 0 Å². The average Bonchev–Trinajstić information content (AvgIpc) is 2.41. The van der Waals surface area contributed by atoms with Crippen LogP contribution in [0, 0.1) is 0 Å². The number of hydrogen-bond acceptors (Lipinski definition) is 2. The maximum absolute atomic E-state index is 11.5. The lowest BCUT2D eigenvalue weighted by molar-refractivity contribution is -0.121. The Morgan fingerprint density at radius 2 is 2.00 bits per heavy atom. The molecule has 4 heteroatoms. The maximum Gasteiger partial charge on any atom is 0.220 e. The van der Waals surface area contributed by atoms with E-state index in [9.17, 15) is 4.79 Å². The highest BCUT2D eigenvalue weighted by atomic mass is 79.9. The predicted octanol–water partition coefficient (Wildman–Crippen LogP) is 2.54. The van der Waals surface area contributed by atoms with Crippen molar-refractivity contribution in [3.63, 3.8) is 0 Å². The van der Waals surface area contributed by atoms with E-state index in [1.54, 1.807) is 0 Å². The van der Waals surface area contributed by atoms with E-state index in [1.165, 1.54) is 5.56 Å². The van der Waals surface area contributed by atoms with Gasteiger partial charge in [-0.05, 0) is 18.4 Å². The van der Waals surface area contributed by atoms with Crippen molar-refractivity contribution >= 4 is 21.8 Å². The molecule has 1 aromatic carbocycles. The fourth-order valence-corrected chi connectivity index (χ4v) is 1.78. The topological polar surface area (TPSA) is 38.3 Å². The van der Waals surface area contributed by atoms with Crippen molar-refractivity contribution in [3.05, 3.63) is 35.9 Å². The lowest BCUT2D eigenvalue weighted by atomic mass is 10.1. The molecular weight excluding hydrogens is 294 g/mol. The molecule has 0 aliphatic rings. The molecule has 18 heavy (non-hydrogen) atoms. The highest BCUT2D eigenvalue weighted by Gasteiger charge is 2.01. The van der Waals surface area contributed by atoms with Gasteiger partial charge in [-0.2, -0.15) is 0 Å². The van der Waals surface area contributed by atoms with Crippen molar-refractivity contribution in [1.29, 1.82) is 0 Å². The highest BCUT2D eigenvalue weighted by Crippen LogP contribution is 2.01. The van der Waals surface area contributed by atoms with Crippen LogP contribution >= 0.6 is 15.9 Å². The molecular formula is C14H20BrNO2. The summed E-state index contributed by atoms with van der Waals surface area (Å²) in [6.07, 6.45) is 2.21. The van der Waals surface area contributed by atoms with Crippen LogP contribution in [0.3, 0.4) is 0 Å². The molecule has 1 amide bonds. The first kappa shape index (κ1) is 15.2. The van der Waals surface area contributed by atoms with E-state index < -0.39 is 0 Å². The van der Waals surface area contributed by atoms with Gasteiger partial charge in [-0.25, -0.2) is 0 Å². The molecule has 0 radical (unpaired) electrons. The number of aryl methyl sites for hydroxylation is 1. The first-order valence-electron chi connectivity index (χ1n) is 6.27. The minimum absolute atomic E-state index is 0.111. The largest absolute Gasteiger partial charge is 0.381 e. The molecule has 0 saturated heterocycles. The van der Waals surface area contributed by atoms with Crippen LogP contribution in [-0.4, -0.2) is 31.0 Å². The van der Waals surface area contributed by atoms with Crippen LogP contribution in [0.1, 0.15) is 18.4 Å². The Bertz CT molecular complexity index is 330. The molecule has 1 aromatic rings. The second kappa shape index (κ2) is 10.1. The lowest BCUT2D eigenvalue weighted by Gasteiger charge is -2.05. The van der Waals surface area contributed by atoms with E-state index in [2.05, 4.69) is 21.2 Å². The maximum atomic E-state index is 11.5. The van der Waals surface area contributed by atoms with Gasteiger partial charge in [-0.1, -0.05) is 46.3 Å². The third-order valence-corrected chi connectivity index (χ3v) is 2.82. The van der Waals surface area contributed by atoms with Crippen LogP contribution in [-0.2, 0) is 16.0 Å². The Balaban J connectivity index is 2.01. The van der Waals surface area contributed by atoms with Crippen molar-refractivity contribution in [2.45, 2.75) is 19.3 Å². The quantitative estimate of drug-likeness (QED) is 0.562. The molecule has 100 valence electrons. The summed E-state index contributed by atoms with van der Waals surface area (Å²) in [5.41, 5.74) is 1.20. The normalized spacial score (nSPS) is 10.3. The van der Waals surface area contributed by atoms with Crippen LogP contribution < -0.4 is 5.32 Å². The van der Waals surface area contributed by atoms with Gasteiger partial charge in [0.2, 0.25) is 5.91 Å². The predicted molar refractivity (Wildman–Crippen MR) is 77.0 cm³/mol. The van der Waals surface area contributed by atoms with Gasteiger partial charge in [0.05, 0.1) is 6.61 Å². The molecule has 0 atom stereocenters. The Morgan fingerprint density at radius 3 is 2.72 bits per heavy atom. The molecule has 0 aromatic heterocycles. The van der Waals surface area contributed by atoms with E-state index in [0.717, 1.165) is 24.8 Å². The highest BCUT2D eigenvalue weighted by molar-refractivity contribution is 9.09. The molecule has 0 saturated carbocycles. The third-order valence-electron chi connectivity index (χ3n) is 2.49. The standard InChI is InChI=1S/C14H20BrNO2/c15-9-12-18-11-4-10-16-14(17)8-7-13-5-2-1-3-6-13/h1-3,5-6H,4,7-12H2,(H,16,17). The third kappa shape index (κ3) is 7.45. The monoisotopic (exact) mass is 313 g/mol. The number of nitrogens with one attached hydrogen (secondary N) is 1. The van der Waals surface area contributed by atoms with Crippen molar-refractivity contribution < 1.29 is 9.53 Å². The summed E-state index contributed by atoms with van der Waals surface area (Å²) >= 11 is 3.29. The van der Waals surface area contributed by atoms with E-state index in [4.69, 9.17) is 4.74 Å². The zero-order valence-electron chi connectivity index (χ0n) is 10.5. The molecule has 0 fully saturated rings. The van der Waals surface area contributed by atoms with Gasteiger partial charge in [0.15, 0.2) is 0 Å². The smallest absolute Gasteiger partial charge is 0.220 e. The molecule has 1 N–H and O–H groups in total. The number of rotatable bonds is 9. The van der Waals surface area contributed by atoms with Gasteiger partial charge in [0, 0.05) is 24.9 Å². The summed E-state index contributed by atoms with van der Waals surface area (Å²) in [6.45, 7) is 2.11. The molecule has 0 bridgehead atoms. The SMILES string of the molecule is O=C(CCc1ccccc1)NCCCOCCBr. The average molecular weight is 314 g/mol. The van der Waals surface area contributed by atoms with Crippen molar-refractivity contribution in [2.75, 3.05) is 25.1 Å². The summed E-state index contributed by atoms with van der Waals surface area (Å²) in [5.74, 6) is 0.111. The van der Waals surface area contributed by atoms with Gasteiger partial charge in [0.25, 0.3) is 0 Å². The second-order valence-corrected chi connectivity index (χ2v) is 4.78. The van der Waals surface area contributed by atoms with E-state index in [-0.39, 0.29) is 5.91 Å². The molecule has 1 rings (SSSR count). The summed E-state index contributed by atoms with van der Waals surface area (Å²) in [6, 6.07) is 10.1. The fourth-order valence-electron chi connectivity index (χ4n) is 1.55. The van der Waals surface area contributed by atoms with Crippen LogP contribution in [0.5, 0.6) is 0 Å². The van der Waals surface area contributed by atoms with Gasteiger partial charge >= 0.3 is 0 Å². The van der Waals surface area contributed by atoms with Crippen LogP contribution in [0.15, 0.2) is 30.3 Å². The zero-order chi connectivity index (χ0) is 13.1. The van der Waals surface area contributed by atoms with Crippen molar-refractivity contribution in [1.82, 2.24) is 5.32 Å². The van der Waals surface area contributed by atoms with Crippen molar-refractivity contribution in [3.8, 4) is 0 Å². The number of halogens is 1. The Kier molecular flexibility index (Phi) is 8.51. The van der Waals surface area contributed by atoms with Crippen LogP contribution in [0.2, 0.25) is 0 Å². The van der Waals surface area contributed by atoms with E-state index in [0.29, 0.717) is 19.6 Å². The number of amides is 1. The van der Waals surface area contributed by atoms with Gasteiger partial charge in [-0.15, -0.1) is 0 Å². The van der Waals surface area contributed by atoms with Crippen LogP contribution in [0.4, 0.5) is 0 Å². The molecule has 0 unspecified atom stereocenters. The number of ether oxygens (including phenoxy) is 1. The molecule has 0 aliphatic heterocycles. The number of alkyl halides is 1. The Hall–Kier alpha value is -0.870. The molecule has 3 nitrogen and oxygen atoms in total. The zero-order valence-corrected chi connectivity index (χ0v) is 12.1. The fraction of sp³-hybridized carbons (Fsp3) is 0.500. The summed E-state index contributed by atoms with van der Waals surface area (Å²) < 4.78 is 5.30. The van der Waals surface area contributed by atoms with E-state index in [1.807, 2.05) is 30.3 Å². The number of hydrogen-bond donors (Lipinski definition) is 1. The number of carbonyl (C=O) groups excluding carboxylic acids is 1. The molecule has 0 aliphatic carbocycles. The van der Waals surface area contributed by atoms with Crippen molar-refractivity contribution in [2.24, 2.45) is 0 Å². The minimum atomic E-state index is 0.111. The number of benzene rings is 1. The summed E-state index contributed by atoms with van der Waals surface area (Å²) in [5, 5.41) is 3.76. The van der Waals surface area contributed by atoms with Crippen LogP contribution in [0.25, 0.3) is 0 Å².